The van der Waals surface area contributed by atoms with Crippen LogP contribution in [0.1, 0.15) is 12.5 Å². The van der Waals surface area contributed by atoms with E-state index >= 15 is 0 Å². The number of hydrogen-bond donors (Lipinski definition) is 1. The zero-order chi connectivity index (χ0) is 14.9. The first-order chi connectivity index (χ1) is 10.3. The minimum atomic E-state index is 0.461. The van der Waals surface area contributed by atoms with Crippen LogP contribution in [0.3, 0.4) is 0 Å². The van der Waals surface area contributed by atoms with Crippen molar-refractivity contribution in [2.24, 2.45) is 5.73 Å². The quantitative estimate of drug-likeness (QED) is 0.758. The van der Waals surface area contributed by atoms with E-state index < -0.39 is 0 Å². The average Bonchev–Trinajstić information content (AvgIpc) is 2.54. The fourth-order valence-electron chi connectivity index (χ4n) is 1.88. The highest BCUT2D eigenvalue weighted by Gasteiger charge is 2.03. The Morgan fingerprint density at radius 2 is 1.43 bits per heavy atom. The predicted molar refractivity (Wildman–Crippen MR) is 82.9 cm³/mol. The maximum Gasteiger partial charge on any atom is 0.161 e. The van der Waals surface area contributed by atoms with Gasteiger partial charge in [0.1, 0.15) is 19.0 Å². The Bertz CT molecular complexity index is 540. The fourth-order valence-corrected chi connectivity index (χ4v) is 1.88. The summed E-state index contributed by atoms with van der Waals surface area (Å²) in [6.45, 7) is 4.04. The highest BCUT2D eigenvalue weighted by molar-refractivity contribution is 5.39. The molecule has 21 heavy (non-hydrogen) atoms. The molecule has 4 heteroatoms. The molecule has 4 nitrogen and oxygen atoms in total. The van der Waals surface area contributed by atoms with Gasteiger partial charge < -0.3 is 19.9 Å². The molecule has 2 rings (SSSR count). The molecule has 0 spiro atoms. The third-order valence-corrected chi connectivity index (χ3v) is 2.92. The van der Waals surface area contributed by atoms with Gasteiger partial charge in [0.15, 0.2) is 11.5 Å². The van der Waals surface area contributed by atoms with Gasteiger partial charge in [-0.2, -0.15) is 0 Å². The summed E-state index contributed by atoms with van der Waals surface area (Å²) in [5.41, 5.74) is 6.64. The van der Waals surface area contributed by atoms with Gasteiger partial charge in [-0.1, -0.05) is 24.3 Å². The molecule has 0 saturated carbocycles. The van der Waals surface area contributed by atoms with Gasteiger partial charge in [0.05, 0.1) is 6.61 Å². The molecule has 112 valence electrons. The molecule has 0 radical (unpaired) electrons. The second-order valence-corrected chi connectivity index (χ2v) is 4.42. The summed E-state index contributed by atoms with van der Waals surface area (Å²) < 4.78 is 16.8. The Balaban J connectivity index is 1.79. The van der Waals surface area contributed by atoms with Crippen molar-refractivity contribution in [1.29, 1.82) is 0 Å². The Hall–Kier alpha value is -2.20. The molecule has 0 amide bonds. The Labute approximate surface area is 125 Å². The van der Waals surface area contributed by atoms with Crippen LogP contribution in [-0.2, 0) is 6.54 Å². The van der Waals surface area contributed by atoms with Gasteiger partial charge in [-0.25, -0.2) is 0 Å². The predicted octanol–water partition coefficient (Wildman–Crippen LogP) is 3.00. The molecule has 0 atom stereocenters. The lowest BCUT2D eigenvalue weighted by atomic mass is 10.2. The van der Waals surface area contributed by atoms with Gasteiger partial charge in [-0.3, -0.25) is 0 Å². The summed E-state index contributed by atoms with van der Waals surface area (Å²) in [5, 5.41) is 0. The highest BCUT2D eigenvalue weighted by Crippen LogP contribution is 2.26. The Morgan fingerprint density at radius 1 is 0.810 bits per heavy atom. The van der Waals surface area contributed by atoms with Crippen LogP contribution in [0.4, 0.5) is 0 Å². The number of ether oxygens (including phenoxy) is 3. The van der Waals surface area contributed by atoms with Crippen molar-refractivity contribution in [1.82, 2.24) is 0 Å². The average molecular weight is 287 g/mol. The molecule has 2 N–H and O–H groups in total. The summed E-state index contributed by atoms with van der Waals surface area (Å²) in [5.74, 6) is 2.31. The van der Waals surface area contributed by atoms with Crippen molar-refractivity contribution in [3.05, 3.63) is 54.1 Å². The molecular weight excluding hydrogens is 266 g/mol. The topological polar surface area (TPSA) is 53.7 Å². The molecule has 0 saturated heterocycles. The van der Waals surface area contributed by atoms with Gasteiger partial charge >= 0.3 is 0 Å². The van der Waals surface area contributed by atoms with E-state index in [2.05, 4.69) is 0 Å². The number of nitrogens with two attached hydrogens (primary N) is 1. The molecule has 0 aromatic heterocycles. The SMILES string of the molecule is CCOc1ccccc1OCCOc1ccc(CN)cc1. The molecule has 0 aliphatic heterocycles. The molecule has 0 aliphatic rings. The normalized spacial score (nSPS) is 10.2. The van der Waals surface area contributed by atoms with E-state index in [9.17, 15) is 0 Å². The van der Waals surface area contributed by atoms with Crippen LogP contribution in [0.5, 0.6) is 17.2 Å². The molecule has 0 aliphatic carbocycles. The molecule has 0 unspecified atom stereocenters. The van der Waals surface area contributed by atoms with Crippen LogP contribution in [0.25, 0.3) is 0 Å². The first-order valence-electron chi connectivity index (χ1n) is 7.10. The lowest BCUT2D eigenvalue weighted by Crippen LogP contribution is -2.10. The molecular formula is C17H21NO3. The van der Waals surface area contributed by atoms with Crippen molar-refractivity contribution in [2.45, 2.75) is 13.5 Å². The summed E-state index contributed by atoms with van der Waals surface area (Å²) in [6, 6.07) is 15.4. The lowest BCUT2D eigenvalue weighted by Gasteiger charge is -2.12. The first kappa shape index (κ1) is 15.2. The fraction of sp³-hybridized carbons (Fsp3) is 0.294. The van der Waals surface area contributed by atoms with E-state index in [1.807, 2.05) is 55.5 Å². The third kappa shape index (κ3) is 4.68. The molecule has 0 heterocycles. The van der Waals surface area contributed by atoms with E-state index in [0.717, 1.165) is 22.8 Å². The van der Waals surface area contributed by atoms with E-state index in [1.54, 1.807) is 0 Å². The van der Waals surface area contributed by atoms with Gasteiger partial charge in [0.2, 0.25) is 0 Å². The van der Waals surface area contributed by atoms with Crippen LogP contribution in [0.2, 0.25) is 0 Å². The zero-order valence-corrected chi connectivity index (χ0v) is 12.2. The van der Waals surface area contributed by atoms with Crippen LogP contribution < -0.4 is 19.9 Å². The minimum absolute atomic E-state index is 0.461. The molecule has 2 aromatic rings. The first-order valence-corrected chi connectivity index (χ1v) is 7.10. The van der Waals surface area contributed by atoms with Crippen LogP contribution in [-0.4, -0.2) is 19.8 Å². The van der Waals surface area contributed by atoms with Gasteiger partial charge in [-0.05, 0) is 36.8 Å². The summed E-state index contributed by atoms with van der Waals surface area (Å²) in [7, 11) is 0. The standard InChI is InChI=1S/C17H21NO3/c1-2-19-16-5-3-4-6-17(16)21-12-11-20-15-9-7-14(13-18)8-10-15/h3-10H,2,11-13,18H2,1H3. The molecule has 0 bridgehead atoms. The van der Waals surface area contributed by atoms with Crippen LogP contribution >= 0.6 is 0 Å². The van der Waals surface area contributed by atoms with E-state index in [4.69, 9.17) is 19.9 Å². The summed E-state index contributed by atoms with van der Waals surface area (Å²) >= 11 is 0. The van der Waals surface area contributed by atoms with Crippen molar-refractivity contribution < 1.29 is 14.2 Å². The maximum absolute atomic E-state index is 5.69. The van der Waals surface area contributed by atoms with Crippen LogP contribution in [0, 0.1) is 0 Å². The van der Waals surface area contributed by atoms with Crippen molar-refractivity contribution in [3.63, 3.8) is 0 Å². The van der Waals surface area contributed by atoms with Gasteiger partial charge in [-0.15, -0.1) is 0 Å². The van der Waals surface area contributed by atoms with Crippen LogP contribution in [0.15, 0.2) is 48.5 Å². The number of hydrogen-bond acceptors (Lipinski definition) is 4. The monoisotopic (exact) mass is 287 g/mol. The van der Waals surface area contributed by atoms with Gasteiger partial charge in [0.25, 0.3) is 0 Å². The number of para-hydroxylation sites is 2. The highest BCUT2D eigenvalue weighted by atomic mass is 16.5. The summed E-state index contributed by atoms with van der Waals surface area (Å²) in [4.78, 5) is 0. The Morgan fingerprint density at radius 3 is 2.05 bits per heavy atom. The summed E-state index contributed by atoms with van der Waals surface area (Å²) in [6.07, 6.45) is 0. The maximum atomic E-state index is 5.69. The van der Waals surface area contributed by atoms with Crippen molar-refractivity contribution in [3.8, 4) is 17.2 Å². The zero-order valence-electron chi connectivity index (χ0n) is 12.2. The van der Waals surface area contributed by atoms with E-state index in [-0.39, 0.29) is 0 Å². The second-order valence-electron chi connectivity index (χ2n) is 4.42. The molecule has 2 aromatic carbocycles. The van der Waals surface area contributed by atoms with Crippen molar-refractivity contribution in [2.75, 3.05) is 19.8 Å². The van der Waals surface area contributed by atoms with Gasteiger partial charge in [0, 0.05) is 6.54 Å². The van der Waals surface area contributed by atoms with E-state index in [1.165, 1.54) is 0 Å². The largest absolute Gasteiger partial charge is 0.490 e. The molecule has 0 fully saturated rings. The van der Waals surface area contributed by atoms with E-state index in [0.29, 0.717) is 26.4 Å². The second kappa shape index (κ2) is 8.17. The minimum Gasteiger partial charge on any atom is -0.490 e. The van der Waals surface area contributed by atoms with Crippen molar-refractivity contribution >= 4 is 0 Å². The number of benzene rings is 2. The number of rotatable bonds is 8. The Kier molecular flexibility index (Phi) is 5.91. The lowest BCUT2D eigenvalue weighted by molar-refractivity contribution is 0.208. The third-order valence-electron chi connectivity index (χ3n) is 2.92. The smallest absolute Gasteiger partial charge is 0.161 e.